The van der Waals surface area contributed by atoms with Gasteiger partial charge in [0.15, 0.2) is 0 Å². The molecule has 0 atom stereocenters. The first kappa shape index (κ1) is 23.8. The molecule has 4 aromatic carbocycles. The molecule has 0 unspecified atom stereocenters. The number of aromatic nitrogens is 2. The lowest BCUT2D eigenvalue weighted by Gasteiger charge is -2.13. The summed E-state index contributed by atoms with van der Waals surface area (Å²) in [4.78, 5) is 28.3. The number of carboxylic acid groups (broad SMARTS) is 2. The molecule has 0 saturated carbocycles. The Morgan fingerprint density at radius 3 is 2.16 bits per heavy atom. The van der Waals surface area contributed by atoms with Crippen molar-refractivity contribution in [2.24, 2.45) is 0 Å². The summed E-state index contributed by atoms with van der Waals surface area (Å²) in [5.41, 5.74) is 5.62. The average Bonchev–Trinajstić information content (AvgIpc) is 3.26. The van der Waals surface area contributed by atoms with Gasteiger partial charge in [0, 0.05) is 0 Å². The maximum absolute atomic E-state index is 12.0. The highest BCUT2D eigenvalue weighted by Crippen LogP contribution is 2.31. The third kappa shape index (κ3) is 4.67. The zero-order valence-electron chi connectivity index (χ0n) is 20.1. The predicted octanol–water partition coefficient (Wildman–Crippen LogP) is 6.21. The lowest BCUT2D eigenvalue weighted by atomic mass is 9.94. The van der Waals surface area contributed by atoms with E-state index in [1.807, 2.05) is 73.7 Å². The zero-order valence-corrected chi connectivity index (χ0v) is 20.1. The van der Waals surface area contributed by atoms with Gasteiger partial charge in [-0.15, -0.1) is 0 Å². The van der Waals surface area contributed by atoms with E-state index >= 15 is 0 Å². The van der Waals surface area contributed by atoms with E-state index in [0.717, 1.165) is 22.3 Å². The SMILES string of the molecule is CCOc1nc2cccc(C(=O)O)c2n1Cc1ccc(-c2cc(-c3ccccc3)ccc2C(=O)O)cc1. The van der Waals surface area contributed by atoms with Gasteiger partial charge in [-0.3, -0.25) is 4.57 Å². The third-order valence-corrected chi connectivity index (χ3v) is 6.20. The van der Waals surface area contributed by atoms with Gasteiger partial charge in [-0.1, -0.05) is 66.7 Å². The quantitative estimate of drug-likeness (QED) is 0.267. The van der Waals surface area contributed by atoms with Crippen LogP contribution < -0.4 is 4.74 Å². The van der Waals surface area contributed by atoms with Crippen LogP contribution in [0.15, 0.2) is 91.0 Å². The first-order chi connectivity index (χ1) is 18.0. The number of imidazole rings is 1. The van der Waals surface area contributed by atoms with Crippen molar-refractivity contribution in [2.75, 3.05) is 6.61 Å². The van der Waals surface area contributed by atoms with Gasteiger partial charge in [-0.05, 0) is 59.0 Å². The Labute approximate surface area is 213 Å². The summed E-state index contributed by atoms with van der Waals surface area (Å²) >= 11 is 0. The van der Waals surface area contributed by atoms with Crippen molar-refractivity contribution in [1.29, 1.82) is 0 Å². The van der Waals surface area contributed by atoms with Crippen LogP contribution in [-0.2, 0) is 6.54 Å². The van der Waals surface area contributed by atoms with Crippen molar-refractivity contribution in [3.05, 3.63) is 108 Å². The molecule has 37 heavy (non-hydrogen) atoms. The Kier molecular flexibility index (Phi) is 6.43. The topological polar surface area (TPSA) is 102 Å². The molecule has 0 fully saturated rings. The van der Waals surface area contributed by atoms with E-state index in [1.54, 1.807) is 28.8 Å². The van der Waals surface area contributed by atoms with Crippen molar-refractivity contribution < 1.29 is 24.5 Å². The summed E-state index contributed by atoms with van der Waals surface area (Å²) in [6, 6.07) is 28.0. The second kappa shape index (κ2) is 9.99. The van der Waals surface area contributed by atoms with Gasteiger partial charge in [0.2, 0.25) is 0 Å². The van der Waals surface area contributed by atoms with Crippen LogP contribution in [0.3, 0.4) is 0 Å². The van der Waals surface area contributed by atoms with Gasteiger partial charge >= 0.3 is 11.9 Å². The fourth-order valence-electron chi connectivity index (χ4n) is 4.47. The van der Waals surface area contributed by atoms with Gasteiger partial charge in [0.25, 0.3) is 6.01 Å². The van der Waals surface area contributed by atoms with Crippen molar-refractivity contribution in [3.8, 4) is 28.3 Å². The van der Waals surface area contributed by atoms with Gasteiger partial charge in [-0.25, -0.2) is 9.59 Å². The number of fused-ring (bicyclic) bond motifs is 1. The minimum Gasteiger partial charge on any atom is -0.478 e. The maximum atomic E-state index is 12.0. The molecule has 0 radical (unpaired) electrons. The monoisotopic (exact) mass is 492 g/mol. The molecule has 0 aliphatic rings. The Morgan fingerprint density at radius 2 is 1.49 bits per heavy atom. The summed E-state index contributed by atoms with van der Waals surface area (Å²) < 4.78 is 7.47. The summed E-state index contributed by atoms with van der Waals surface area (Å²) in [5, 5.41) is 19.5. The van der Waals surface area contributed by atoms with Crippen LogP contribution in [0, 0.1) is 0 Å². The van der Waals surface area contributed by atoms with E-state index in [4.69, 9.17) is 4.74 Å². The van der Waals surface area contributed by atoms with E-state index < -0.39 is 11.9 Å². The Morgan fingerprint density at radius 1 is 0.784 bits per heavy atom. The number of ether oxygens (including phenoxy) is 1. The molecular weight excluding hydrogens is 468 g/mol. The molecule has 5 rings (SSSR count). The molecule has 0 saturated heterocycles. The number of aromatic carboxylic acids is 2. The largest absolute Gasteiger partial charge is 0.478 e. The second-order valence-electron chi connectivity index (χ2n) is 8.52. The number of carboxylic acids is 2. The van der Waals surface area contributed by atoms with E-state index in [9.17, 15) is 19.8 Å². The highest BCUT2D eigenvalue weighted by Gasteiger charge is 2.19. The van der Waals surface area contributed by atoms with E-state index in [0.29, 0.717) is 35.8 Å². The van der Waals surface area contributed by atoms with E-state index in [2.05, 4.69) is 4.98 Å². The summed E-state index contributed by atoms with van der Waals surface area (Å²) in [6.07, 6.45) is 0. The van der Waals surface area contributed by atoms with Gasteiger partial charge in [0.05, 0.1) is 35.3 Å². The first-order valence-electron chi connectivity index (χ1n) is 11.8. The molecule has 5 aromatic rings. The summed E-state index contributed by atoms with van der Waals surface area (Å²) in [6.45, 7) is 2.58. The molecule has 0 spiro atoms. The molecule has 1 heterocycles. The van der Waals surface area contributed by atoms with Crippen LogP contribution in [0.4, 0.5) is 0 Å². The summed E-state index contributed by atoms with van der Waals surface area (Å²) in [7, 11) is 0. The lowest BCUT2D eigenvalue weighted by molar-refractivity contribution is 0.0687. The number of benzene rings is 4. The molecule has 0 aliphatic carbocycles. The van der Waals surface area contributed by atoms with Crippen LogP contribution in [0.1, 0.15) is 33.2 Å². The molecular formula is C30H24N2O5. The smallest absolute Gasteiger partial charge is 0.337 e. The molecule has 1 aromatic heterocycles. The number of hydrogen-bond donors (Lipinski definition) is 2. The van der Waals surface area contributed by atoms with E-state index in [-0.39, 0.29) is 11.1 Å². The van der Waals surface area contributed by atoms with Crippen LogP contribution in [0.5, 0.6) is 6.01 Å². The number of rotatable bonds is 8. The third-order valence-electron chi connectivity index (χ3n) is 6.20. The molecule has 2 N–H and O–H groups in total. The second-order valence-corrected chi connectivity index (χ2v) is 8.52. The number of para-hydroxylation sites is 1. The molecule has 7 heteroatoms. The van der Waals surface area contributed by atoms with Crippen LogP contribution in [0.25, 0.3) is 33.3 Å². The standard InChI is InChI=1S/C30H24N2O5/c1-2-37-30-31-26-10-6-9-24(29(35)36)27(26)32(30)18-19-11-13-21(14-12-19)25-17-22(15-16-23(25)28(33)34)20-7-4-3-5-8-20/h3-17H,2,18H2,1H3,(H,33,34)(H,35,36). The minimum absolute atomic E-state index is 0.149. The average molecular weight is 493 g/mol. The van der Waals surface area contributed by atoms with Crippen molar-refractivity contribution >= 4 is 23.0 Å². The Bertz CT molecular complexity index is 1610. The molecule has 0 aliphatic heterocycles. The zero-order chi connectivity index (χ0) is 25.9. The fourth-order valence-corrected chi connectivity index (χ4v) is 4.47. The highest BCUT2D eigenvalue weighted by molar-refractivity contribution is 6.01. The fraction of sp³-hybridized carbons (Fsp3) is 0.100. The highest BCUT2D eigenvalue weighted by atomic mass is 16.5. The number of nitrogens with zero attached hydrogens (tertiary/aromatic N) is 2. The van der Waals surface area contributed by atoms with Crippen LogP contribution >= 0.6 is 0 Å². The number of hydrogen-bond acceptors (Lipinski definition) is 4. The van der Waals surface area contributed by atoms with Gasteiger partial charge < -0.3 is 14.9 Å². The normalized spacial score (nSPS) is 10.9. The molecule has 184 valence electrons. The van der Waals surface area contributed by atoms with Gasteiger partial charge in [0.1, 0.15) is 0 Å². The molecule has 0 amide bonds. The van der Waals surface area contributed by atoms with Crippen molar-refractivity contribution in [1.82, 2.24) is 9.55 Å². The van der Waals surface area contributed by atoms with Crippen molar-refractivity contribution in [2.45, 2.75) is 13.5 Å². The Hall–Kier alpha value is -4.91. The summed E-state index contributed by atoms with van der Waals surface area (Å²) in [5.74, 6) is -2.03. The first-order valence-corrected chi connectivity index (χ1v) is 11.8. The van der Waals surface area contributed by atoms with Crippen LogP contribution in [0.2, 0.25) is 0 Å². The van der Waals surface area contributed by atoms with Gasteiger partial charge in [-0.2, -0.15) is 4.98 Å². The predicted molar refractivity (Wildman–Crippen MR) is 141 cm³/mol. The number of carbonyl (C=O) groups is 2. The van der Waals surface area contributed by atoms with Crippen LogP contribution in [-0.4, -0.2) is 38.3 Å². The molecule has 7 nitrogen and oxygen atoms in total. The minimum atomic E-state index is -1.04. The Balaban J connectivity index is 1.54. The van der Waals surface area contributed by atoms with E-state index in [1.165, 1.54) is 0 Å². The van der Waals surface area contributed by atoms with Crippen molar-refractivity contribution in [3.63, 3.8) is 0 Å². The molecule has 0 bridgehead atoms. The lowest BCUT2D eigenvalue weighted by Crippen LogP contribution is -2.08. The maximum Gasteiger partial charge on any atom is 0.337 e.